The second-order valence-electron chi connectivity index (χ2n) is 9.22. The lowest BCUT2D eigenvalue weighted by Gasteiger charge is -2.25. The van der Waals surface area contributed by atoms with Crippen molar-refractivity contribution in [3.63, 3.8) is 0 Å². The summed E-state index contributed by atoms with van der Waals surface area (Å²) in [4.78, 5) is 13.0. The van der Waals surface area contributed by atoms with E-state index in [0.717, 1.165) is 26.9 Å². The molecular weight excluding hydrogens is 512 g/mol. The summed E-state index contributed by atoms with van der Waals surface area (Å²) in [5, 5.41) is 4.14. The number of aryl methyl sites for hydroxylation is 3. The molecule has 0 aliphatic heterocycles. The van der Waals surface area contributed by atoms with Crippen molar-refractivity contribution in [1.29, 1.82) is 0 Å². The number of hydrazone groups is 1. The summed E-state index contributed by atoms with van der Waals surface area (Å²) >= 11 is 0. The lowest BCUT2D eigenvalue weighted by Crippen LogP contribution is -2.39. The van der Waals surface area contributed by atoms with E-state index in [1.807, 2.05) is 19.9 Å². The molecule has 0 spiro atoms. The third kappa shape index (κ3) is 5.88. The van der Waals surface area contributed by atoms with Gasteiger partial charge in [-0.1, -0.05) is 36.4 Å². The first-order valence-corrected chi connectivity index (χ1v) is 13.9. The molecule has 1 N–H and O–H groups in total. The lowest BCUT2D eigenvalue weighted by atomic mass is 10.1. The summed E-state index contributed by atoms with van der Waals surface area (Å²) in [6.07, 6.45) is 1.57. The van der Waals surface area contributed by atoms with Crippen LogP contribution in [0.1, 0.15) is 28.1 Å². The van der Waals surface area contributed by atoms with Crippen LogP contribution in [0, 0.1) is 27.7 Å². The molecule has 0 saturated carbocycles. The quantitative estimate of drug-likeness (QED) is 0.235. The number of ether oxygens (including phenoxy) is 1. The van der Waals surface area contributed by atoms with E-state index in [-0.39, 0.29) is 10.6 Å². The Morgan fingerprint density at radius 1 is 0.949 bits per heavy atom. The van der Waals surface area contributed by atoms with Crippen molar-refractivity contribution in [2.75, 3.05) is 18.0 Å². The molecule has 1 amide bonds. The van der Waals surface area contributed by atoms with Crippen LogP contribution in [0.4, 0.5) is 5.69 Å². The highest BCUT2D eigenvalue weighted by atomic mass is 32.2. The van der Waals surface area contributed by atoms with Gasteiger partial charge >= 0.3 is 0 Å². The Morgan fingerprint density at radius 3 is 2.33 bits per heavy atom. The maximum Gasteiger partial charge on any atom is 0.264 e. The van der Waals surface area contributed by atoms with E-state index < -0.39 is 22.5 Å². The summed E-state index contributed by atoms with van der Waals surface area (Å²) in [6, 6.07) is 22.9. The fourth-order valence-electron chi connectivity index (χ4n) is 4.38. The first kappa shape index (κ1) is 27.7. The van der Waals surface area contributed by atoms with E-state index in [1.54, 1.807) is 48.7 Å². The number of carbonyl (C=O) groups excluding carboxylic acids is 1. The maximum atomic E-state index is 13.5. The van der Waals surface area contributed by atoms with E-state index >= 15 is 0 Å². The number of carbonyl (C=O) groups is 1. The van der Waals surface area contributed by atoms with Crippen molar-refractivity contribution in [2.45, 2.75) is 32.6 Å². The van der Waals surface area contributed by atoms with Gasteiger partial charge in [-0.15, -0.1) is 0 Å². The van der Waals surface area contributed by atoms with Gasteiger partial charge in [-0.25, -0.2) is 13.8 Å². The van der Waals surface area contributed by atoms with Crippen LogP contribution in [0.3, 0.4) is 0 Å². The van der Waals surface area contributed by atoms with Crippen molar-refractivity contribution >= 4 is 27.8 Å². The van der Waals surface area contributed by atoms with Gasteiger partial charge in [0, 0.05) is 22.6 Å². The van der Waals surface area contributed by atoms with Crippen LogP contribution in [-0.2, 0) is 14.8 Å². The molecule has 9 heteroatoms. The molecule has 0 aliphatic rings. The lowest BCUT2D eigenvalue weighted by molar-refractivity contribution is -0.119. The van der Waals surface area contributed by atoms with Crippen molar-refractivity contribution in [3.8, 4) is 11.4 Å². The number of anilines is 1. The van der Waals surface area contributed by atoms with Crippen LogP contribution < -0.4 is 14.5 Å². The SMILES string of the molecule is COc1ccccc1N(CC(=O)N/N=C\c1cc(C)n(-c2ccc(C)c(C)c2)c1C)S(=O)(=O)c1ccccc1. The number of rotatable bonds is 9. The minimum absolute atomic E-state index is 0.0611. The largest absolute Gasteiger partial charge is 0.495 e. The maximum absolute atomic E-state index is 13.5. The highest BCUT2D eigenvalue weighted by Crippen LogP contribution is 2.32. The number of hydrogen-bond acceptors (Lipinski definition) is 5. The van der Waals surface area contributed by atoms with Crippen molar-refractivity contribution in [2.24, 2.45) is 5.10 Å². The summed E-state index contributed by atoms with van der Waals surface area (Å²) in [5.41, 5.74) is 9.04. The Bertz CT molecular complexity index is 1630. The van der Waals surface area contributed by atoms with Gasteiger partial charge in [-0.3, -0.25) is 9.10 Å². The molecule has 4 aromatic rings. The smallest absolute Gasteiger partial charge is 0.264 e. The molecule has 4 rings (SSSR count). The fourth-order valence-corrected chi connectivity index (χ4v) is 5.83. The summed E-state index contributed by atoms with van der Waals surface area (Å²) in [7, 11) is -2.62. The van der Waals surface area contributed by atoms with Gasteiger partial charge in [0.1, 0.15) is 12.3 Å². The molecule has 202 valence electrons. The molecule has 0 aliphatic carbocycles. The average molecular weight is 545 g/mol. The number of para-hydroxylation sites is 2. The molecule has 0 unspecified atom stereocenters. The van der Waals surface area contributed by atoms with Crippen LogP contribution in [0.15, 0.2) is 88.9 Å². The summed E-state index contributed by atoms with van der Waals surface area (Å²) in [5.74, 6) is -0.272. The van der Waals surface area contributed by atoms with E-state index in [4.69, 9.17) is 4.74 Å². The van der Waals surface area contributed by atoms with Crippen LogP contribution in [0.5, 0.6) is 5.75 Å². The Labute approximate surface area is 229 Å². The zero-order chi connectivity index (χ0) is 28.2. The number of aromatic nitrogens is 1. The van der Waals surface area contributed by atoms with Crippen molar-refractivity contribution < 1.29 is 17.9 Å². The minimum atomic E-state index is -4.07. The number of nitrogens with one attached hydrogen (secondary N) is 1. The van der Waals surface area contributed by atoms with Gasteiger partial charge in [0.15, 0.2) is 0 Å². The van der Waals surface area contributed by atoms with Crippen LogP contribution in [0.2, 0.25) is 0 Å². The Balaban J connectivity index is 1.57. The second kappa shape index (κ2) is 11.6. The molecule has 1 heterocycles. The molecule has 39 heavy (non-hydrogen) atoms. The Hall–Kier alpha value is -4.37. The molecule has 8 nitrogen and oxygen atoms in total. The monoisotopic (exact) mass is 544 g/mol. The highest BCUT2D eigenvalue weighted by molar-refractivity contribution is 7.92. The Kier molecular flexibility index (Phi) is 8.21. The summed E-state index contributed by atoms with van der Waals surface area (Å²) < 4.78 is 35.6. The zero-order valence-electron chi connectivity index (χ0n) is 22.7. The van der Waals surface area contributed by atoms with E-state index in [1.165, 1.54) is 30.4 Å². The minimum Gasteiger partial charge on any atom is -0.495 e. The molecule has 0 radical (unpaired) electrons. The standard InChI is InChI=1S/C30H32N4O4S/c1-21-15-16-26(17-22(21)2)34-23(3)18-25(24(34)4)19-31-32-30(35)20-33(28-13-9-10-14-29(28)38-5)39(36,37)27-11-7-6-8-12-27/h6-19H,20H2,1-5H3,(H,32,35)/b31-19-. The van der Waals surface area contributed by atoms with Gasteiger partial charge < -0.3 is 9.30 Å². The number of nitrogens with zero attached hydrogens (tertiary/aromatic N) is 3. The van der Waals surface area contributed by atoms with Crippen molar-refractivity contribution in [3.05, 3.63) is 107 Å². The van der Waals surface area contributed by atoms with Gasteiger partial charge in [-0.2, -0.15) is 5.10 Å². The van der Waals surface area contributed by atoms with Crippen LogP contribution in [0.25, 0.3) is 5.69 Å². The van der Waals surface area contributed by atoms with Crippen molar-refractivity contribution in [1.82, 2.24) is 9.99 Å². The molecule has 0 fully saturated rings. The van der Waals surface area contributed by atoms with Gasteiger partial charge in [0.2, 0.25) is 0 Å². The first-order valence-electron chi connectivity index (χ1n) is 12.4. The molecule has 0 bridgehead atoms. The predicted octanol–water partition coefficient (Wildman–Crippen LogP) is 5.07. The third-order valence-electron chi connectivity index (χ3n) is 6.58. The van der Waals surface area contributed by atoms with E-state index in [0.29, 0.717) is 5.75 Å². The van der Waals surface area contributed by atoms with Gasteiger partial charge in [-0.05, 0) is 81.3 Å². The summed E-state index contributed by atoms with van der Waals surface area (Å²) in [6.45, 7) is 7.67. The molecular formula is C30H32N4O4S. The van der Waals surface area contributed by atoms with Gasteiger partial charge in [0.05, 0.1) is 23.9 Å². The molecule has 0 atom stereocenters. The van der Waals surface area contributed by atoms with Crippen LogP contribution >= 0.6 is 0 Å². The Morgan fingerprint density at radius 2 is 1.64 bits per heavy atom. The topological polar surface area (TPSA) is 93.0 Å². The van der Waals surface area contributed by atoms with Crippen LogP contribution in [-0.4, -0.2) is 38.8 Å². The molecule has 0 saturated heterocycles. The second-order valence-corrected chi connectivity index (χ2v) is 11.1. The van der Waals surface area contributed by atoms with Gasteiger partial charge in [0.25, 0.3) is 15.9 Å². The molecule has 3 aromatic carbocycles. The number of benzene rings is 3. The number of methoxy groups -OCH3 is 1. The number of sulfonamides is 1. The predicted molar refractivity (Wildman–Crippen MR) is 154 cm³/mol. The normalized spacial score (nSPS) is 11.5. The zero-order valence-corrected chi connectivity index (χ0v) is 23.5. The fraction of sp³-hybridized carbons (Fsp3) is 0.200. The van der Waals surface area contributed by atoms with E-state index in [2.05, 4.69) is 47.1 Å². The third-order valence-corrected chi connectivity index (χ3v) is 8.36. The number of hydrogen-bond donors (Lipinski definition) is 1. The highest BCUT2D eigenvalue weighted by Gasteiger charge is 2.29. The number of amides is 1. The first-order chi connectivity index (χ1) is 18.6. The molecule has 1 aromatic heterocycles. The van der Waals surface area contributed by atoms with E-state index in [9.17, 15) is 13.2 Å². The average Bonchev–Trinajstić information content (AvgIpc) is 3.21.